The van der Waals surface area contributed by atoms with Gasteiger partial charge >= 0.3 is 0 Å². The molecule has 2 atom stereocenters. The van der Waals surface area contributed by atoms with Crippen LogP contribution in [0.4, 0.5) is 0 Å². The van der Waals surface area contributed by atoms with E-state index >= 15 is 0 Å². The van der Waals surface area contributed by atoms with Crippen LogP contribution in [0.1, 0.15) is 40.9 Å². The van der Waals surface area contributed by atoms with Gasteiger partial charge in [0.1, 0.15) is 0 Å². The molecule has 0 saturated heterocycles. The van der Waals surface area contributed by atoms with Crippen LogP contribution in [0.25, 0.3) is 0 Å². The highest BCUT2D eigenvalue weighted by atomic mass is 79.9. The van der Waals surface area contributed by atoms with Crippen LogP contribution in [0, 0.1) is 5.92 Å². The third-order valence-electron chi connectivity index (χ3n) is 4.77. The SMILES string of the molecule is C[C@@H](C(=O)NC[C@@H]1CCn2ncc(C(N)=O)c2C1)c1ccc(Br)cc1. The van der Waals surface area contributed by atoms with Gasteiger partial charge in [0.2, 0.25) is 5.91 Å². The number of amides is 2. The molecule has 25 heavy (non-hydrogen) atoms. The highest BCUT2D eigenvalue weighted by Gasteiger charge is 2.25. The number of carbonyl (C=O) groups is 2. The van der Waals surface area contributed by atoms with Gasteiger partial charge in [-0.25, -0.2) is 0 Å². The van der Waals surface area contributed by atoms with Gasteiger partial charge in [0.15, 0.2) is 0 Å². The van der Waals surface area contributed by atoms with E-state index in [1.54, 1.807) is 0 Å². The number of aryl methyl sites for hydroxylation is 1. The second-order valence-corrected chi connectivity index (χ2v) is 7.39. The van der Waals surface area contributed by atoms with Crippen LogP contribution >= 0.6 is 15.9 Å². The summed E-state index contributed by atoms with van der Waals surface area (Å²) in [6.07, 6.45) is 3.15. The zero-order chi connectivity index (χ0) is 18.0. The molecule has 0 aliphatic carbocycles. The number of nitrogens with zero attached hydrogens (tertiary/aromatic N) is 2. The molecule has 7 heteroatoms. The Morgan fingerprint density at radius 1 is 1.40 bits per heavy atom. The standard InChI is InChI=1S/C18H21BrN4O2/c1-11(13-2-4-14(19)5-3-13)18(25)21-9-12-6-7-23-16(8-12)15(10-22-23)17(20)24/h2-5,10-12H,6-9H2,1H3,(H2,20,24)(H,21,25)/t11-,12-/m1/s1. The first kappa shape index (κ1) is 17.7. The second kappa shape index (κ2) is 7.39. The maximum absolute atomic E-state index is 12.4. The summed E-state index contributed by atoms with van der Waals surface area (Å²) in [7, 11) is 0. The Morgan fingerprint density at radius 3 is 2.80 bits per heavy atom. The van der Waals surface area contributed by atoms with E-state index in [0.29, 0.717) is 18.5 Å². The zero-order valence-corrected chi connectivity index (χ0v) is 15.6. The van der Waals surface area contributed by atoms with E-state index in [2.05, 4.69) is 26.3 Å². The molecule has 0 saturated carbocycles. The number of halogens is 1. The molecule has 3 N–H and O–H groups in total. The largest absolute Gasteiger partial charge is 0.365 e. The van der Waals surface area contributed by atoms with Gasteiger partial charge in [-0.15, -0.1) is 0 Å². The van der Waals surface area contributed by atoms with Crippen molar-refractivity contribution in [1.29, 1.82) is 0 Å². The Balaban J connectivity index is 1.58. The van der Waals surface area contributed by atoms with Crippen LogP contribution < -0.4 is 11.1 Å². The summed E-state index contributed by atoms with van der Waals surface area (Å²) < 4.78 is 2.83. The molecule has 0 spiro atoms. The van der Waals surface area contributed by atoms with Gasteiger partial charge in [-0.3, -0.25) is 14.3 Å². The predicted molar refractivity (Wildman–Crippen MR) is 98.1 cm³/mol. The van der Waals surface area contributed by atoms with E-state index in [9.17, 15) is 9.59 Å². The number of nitrogens with two attached hydrogens (primary N) is 1. The van der Waals surface area contributed by atoms with Crippen molar-refractivity contribution in [2.24, 2.45) is 11.7 Å². The summed E-state index contributed by atoms with van der Waals surface area (Å²) in [6.45, 7) is 3.23. The molecule has 0 fully saturated rings. The van der Waals surface area contributed by atoms with Crippen molar-refractivity contribution in [3.63, 3.8) is 0 Å². The summed E-state index contributed by atoms with van der Waals surface area (Å²) in [6, 6.07) is 7.78. The van der Waals surface area contributed by atoms with Crippen LogP contribution in [-0.4, -0.2) is 28.1 Å². The number of benzene rings is 1. The number of primary amides is 1. The van der Waals surface area contributed by atoms with Crippen LogP contribution in [0.15, 0.2) is 34.9 Å². The molecule has 3 rings (SSSR count). The summed E-state index contributed by atoms with van der Waals surface area (Å²) >= 11 is 3.40. The first-order chi connectivity index (χ1) is 12.0. The Bertz CT molecular complexity index is 785. The van der Waals surface area contributed by atoms with Crippen molar-refractivity contribution in [1.82, 2.24) is 15.1 Å². The average molecular weight is 405 g/mol. The van der Waals surface area contributed by atoms with E-state index in [1.807, 2.05) is 35.9 Å². The van der Waals surface area contributed by atoms with Crippen molar-refractivity contribution in [2.75, 3.05) is 6.54 Å². The molecule has 1 aliphatic rings. The predicted octanol–water partition coefficient (Wildman–Crippen LogP) is 2.23. The zero-order valence-electron chi connectivity index (χ0n) is 14.0. The number of nitrogens with one attached hydrogen (secondary N) is 1. The fraction of sp³-hybridized carbons (Fsp3) is 0.389. The molecule has 2 aromatic rings. The fourth-order valence-corrected chi connectivity index (χ4v) is 3.44. The first-order valence-electron chi connectivity index (χ1n) is 8.33. The van der Waals surface area contributed by atoms with Crippen LogP contribution in [0.2, 0.25) is 0 Å². The minimum absolute atomic E-state index is 0.0107. The van der Waals surface area contributed by atoms with E-state index in [-0.39, 0.29) is 17.7 Å². The van der Waals surface area contributed by atoms with Crippen molar-refractivity contribution in [3.8, 4) is 0 Å². The Morgan fingerprint density at radius 2 is 2.12 bits per heavy atom. The lowest BCUT2D eigenvalue weighted by molar-refractivity contribution is -0.122. The maximum Gasteiger partial charge on any atom is 0.252 e. The van der Waals surface area contributed by atoms with Gasteiger partial charge < -0.3 is 11.1 Å². The van der Waals surface area contributed by atoms with E-state index in [0.717, 1.165) is 28.7 Å². The molecular formula is C18H21BrN4O2. The molecule has 1 aromatic heterocycles. The fourth-order valence-electron chi connectivity index (χ4n) is 3.18. The summed E-state index contributed by atoms with van der Waals surface area (Å²) in [5.74, 6) is -0.363. The number of fused-ring (bicyclic) bond motifs is 1. The first-order valence-corrected chi connectivity index (χ1v) is 9.12. The third-order valence-corrected chi connectivity index (χ3v) is 5.30. The molecule has 1 aliphatic heterocycles. The average Bonchev–Trinajstić information content (AvgIpc) is 3.03. The maximum atomic E-state index is 12.4. The molecule has 0 unspecified atom stereocenters. The van der Waals surface area contributed by atoms with Crippen molar-refractivity contribution in [3.05, 3.63) is 51.8 Å². The van der Waals surface area contributed by atoms with Gasteiger partial charge in [-0.05, 0) is 43.4 Å². The topological polar surface area (TPSA) is 90.0 Å². The highest BCUT2D eigenvalue weighted by molar-refractivity contribution is 9.10. The Labute approximate surface area is 154 Å². The molecule has 0 bridgehead atoms. The van der Waals surface area contributed by atoms with Gasteiger partial charge in [-0.2, -0.15) is 5.10 Å². The third kappa shape index (κ3) is 3.92. The highest BCUT2D eigenvalue weighted by Crippen LogP contribution is 2.23. The van der Waals surface area contributed by atoms with Crippen molar-refractivity contribution >= 4 is 27.7 Å². The number of carbonyl (C=O) groups excluding carboxylic acids is 2. The molecule has 132 valence electrons. The van der Waals surface area contributed by atoms with Crippen molar-refractivity contribution in [2.45, 2.75) is 32.2 Å². The summed E-state index contributed by atoms with van der Waals surface area (Å²) in [5, 5.41) is 7.25. The van der Waals surface area contributed by atoms with Crippen molar-refractivity contribution < 1.29 is 9.59 Å². The lowest BCUT2D eigenvalue weighted by atomic mass is 9.93. The molecule has 1 aromatic carbocycles. The lowest BCUT2D eigenvalue weighted by Crippen LogP contribution is -2.35. The Kier molecular flexibility index (Phi) is 5.22. The van der Waals surface area contributed by atoms with Crippen LogP contribution in [0.3, 0.4) is 0 Å². The molecular weight excluding hydrogens is 384 g/mol. The lowest BCUT2D eigenvalue weighted by Gasteiger charge is -2.24. The van der Waals surface area contributed by atoms with Gasteiger partial charge in [-0.1, -0.05) is 28.1 Å². The quantitative estimate of drug-likeness (QED) is 0.800. The molecule has 0 radical (unpaired) electrons. The van der Waals surface area contributed by atoms with Crippen LogP contribution in [0.5, 0.6) is 0 Å². The van der Waals surface area contributed by atoms with E-state index in [1.165, 1.54) is 6.20 Å². The normalized spacial score (nSPS) is 17.6. The molecule has 2 heterocycles. The van der Waals surface area contributed by atoms with Gasteiger partial charge in [0, 0.05) is 17.6 Å². The van der Waals surface area contributed by atoms with E-state index in [4.69, 9.17) is 5.73 Å². The number of rotatable bonds is 5. The minimum Gasteiger partial charge on any atom is -0.365 e. The summed E-state index contributed by atoms with van der Waals surface area (Å²) in [5.41, 5.74) is 7.74. The molecule has 2 amide bonds. The van der Waals surface area contributed by atoms with Crippen LogP contribution in [-0.2, 0) is 17.8 Å². The smallest absolute Gasteiger partial charge is 0.252 e. The monoisotopic (exact) mass is 404 g/mol. The summed E-state index contributed by atoms with van der Waals surface area (Å²) in [4.78, 5) is 23.9. The second-order valence-electron chi connectivity index (χ2n) is 6.47. The molecule has 6 nitrogen and oxygen atoms in total. The minimum atomic E-state index is -0.449. The Hall–Kier alpha value is -2.15. The number of hydrogen-bond acceptors (Lipinski definition) is 3. The number of aromatic nitrogens is 2. The van der Waals surface area contributed by atoms with Gasteiger partial charge in [0.25, 0.3) is 5.91 Å². The van der Waals surface area contributed by atoms with E-state index < -0.39 is 5.91 Å². The number of hydrogen-bond donors (Lipinski definition) is 2. The van der Waals surface area contributed by atoms with Gasteiger partial charge in [0.05, 0.1) is 23.4 Å².